The normalized spacial score (nSPS) is 13.0. The number of unbranched alkanes of at least 4 members (excludes halogenated alkanes) is 1. The molecule has 860 valence electrons. The number of rotatable bonds is 71. The molecule has 1 saturated carbocycles. The van der Waals surface area contributed by atoms with Crippen LogP contribution >= 0.6 is 0 Å². The van der Waals surface area contributed by atoms with E-state index in [2.05, 4.69) is 93.5 Å². The van der Waals surface area contributed by atoms with Crippen LogP contribution in [0, 0.1) is 0 Å². The zero-order valence-electron chi connectivity index (χ0n) is 99.0. The molecule has 0 aliphatic heterocycles. The number of aliphatic hydroxyl groups is 1. The van der Waals surface area contributed by atoms with Crippen molar-refractivity contribution in [3.63, 3.8) is 0 Å². The second kappa shape index (κ2) is 95.6. The summed E-state index contributed by atoms with van der Waals surface area (Å²) in [6.45, 7) is 89.0. The molecule has 0 saturated heterocycles. The highest BCUT2D eigenvalue weighted by molar-refractivity contribution is 5.42. The van der Waals surface area contributed by atoms with E-state index < -0.39 is 0 Å². The molecule has 0 spiro atoms. The lowest BCUT2D eigenvalue weighted by atomic mass is 9.78. The second-order valence-electron chi connectivity index (χ2n) is 39.9. The molecule has 29 heteroatoms. The molecule has 0 radical (unpaired) electrons. The molecule has 6 rings (SSSR count). The van der Waals surface area contributed by atoms with Gasteiger partial charge in [-0.2, -0.15) is 0 Å². The van der Waals surface area contributed by atoms with Crippen molar-refractivity contribution in [3.05, 3.63) is 120 Å². The van der Waals surface area contributed by atoms with Crippen LogP contribution in [0.1, 0.15) is 304 Å². The summed E-state index contributed by atoms with van der Waals surface area (Å²) in [5.74, 6) is 6.01. The highest BCUT2D eigenvalue weighted by atomic mass is 16.6. The van der Waals surface area contributed by atoms with Crippen LogP contribution in [0.2, 0.25) is 0 Å². The third-order valence-corrected chi connectivity index (χ3v) is 18.9. The Hall–Kier alpha value is -6.24. The third-order valence-electron chi connectivity index (χ3n) is 18.9. The average Bonchev–Trinajstić information content (AvgIpc) is 1.55. The number of furan rings is 1. The minimum Gasteiger partial charge on any atom is -0.491 e. The third kappa shape index (κ3) is 98.9. The van der Waals surface area contributed by atoms with Crippen molar-refractivity contribution in [1.29, 1.82) is 0 Å². The number of benzene rings is 4. The summed E-state index contributed by atoms with van der Waals surface area (Å²) in [5.41, 5.74) is 3.37. The molecule has 147 heavy (non-hydrogen) atoms. The van der Waals surface area contributed by atoms with Crippen LogP contribution in [0.15, 0.2) is 108 Å². The standard InChI is InChI=1S/C25H36O4.C18H30O5.C16H26O4.C14H24O5.C12H26O4.C12H24O2.C10H22O2.C8H18O2.C3H8O/c1-19(2)26-15-17-28-23-11-7-21(8-12-23)25(5,6)22-9-13-24(14-10-22)29-18-16-27-20(3)4;1-14(2)20-6-8-22-17-10-16(13-19-5)11-18(12-17)23-9-7-21-15(3)4;1-13(2)17-8-10-19-15-6-5-7-16(12-15)20-11-9-18-14(3)4;1-11(2)16-5-7-18-13-9-15-10-14(13)19-8-6-17-12(3)4;1-11(2)15-9-7-13-5-6-14-8-10-16-12(3)4;1-9(2)13-11-5-7-12(8-6-11)14-10(3)4;1-9(2)11-7-5-6-8-12-10(3)4;1-7(2)9-5-6-10-8(3)4;1-3(2)4/h7-14,19-20H,15-18H2,1-6H3;10-12,14-15H,6-9,13H2,1-5H3;5-7,12-14H,8-11H2,1-4H3;9-12H,5-8H2,1-4H3;11-12H,5-10H2,1-4H3;9-12H,5-8H2,1-4H3;9-10H,5-8H2,1-4H3;7-8H,5-6H2,1-4H3;3-4H,1-2H3. The Morgan fingerprint density at radius 2 is 0.463 bits per heavy atom. The fraction of sp³-hybridized carbons (Fsp3) is 0.763. The van der Waals surface area contributed by atoms with Gasteiger partial charge in [-0.25, -0.2) is 0 Å². The number of methoxy groups -OCH3 is 1. The van der Waals surface area contributed by atoms with E-state index in [0.29, 0.717) is 226 Å². The summed E-state index contributed by atoms with van der Waals surface area (Å²) in [6, 6.07) is 30.0. The molecule has 1 aliphatic carbocycles. The molecule has 1 fully saturated rings. The van der Waals surface area contributed by atoms with Gasteiger partial charge in [0.05, 0.1) is 222 Å². The fourth-order valence-corrected chi connectivity index (χ4v) is 12.3. The minimum atomic E-state index is -0.167. The van der Waals surface area contributed by atoms with Crippen molar-refractivity contribution < 1.29 is 137 Å². The molecule has 5 aromatic rings. The van der Waals surface area contributed by atoms with Crippen LogP contribution in [0.3, 0.4) is 0 Å². The minimum absolute atomic E-state index is 0.113. The SMILES string of the molecule is CC(C)O.CC(C)OC1CCC(OC(C)C)CC1.CC(C)OCCCCOC(C)C.CC(C)OCCOC(C)C.CC(C)OCCOCCOCCOC(C)C.CC(C)OCCOc1ccc(C(C)(C)c2ccc(OCCOC(C)C)cc2)cc1.CC(C)OCCOc1cccc(OCCOC(C)C)c1.CC(C)OCCOc1cocc1OCCOC(C)C.COCc1cc(OCCOC(C)C)cc(OCCOC(C)C)c1. The van der Waals surface area contributed by atoms with Gasteiger partial charge in [-0.05, 0) is 339 Å². The molecule has 0 unspecified atom stereocenters. The first kappa shape index (κ1) is 145. The van der Waals surface area contributed by atoms with Crippen molar-refractivity contribution in [2.75, 3.05) is 179 Å². The molecule has 1 aliphatic rings. The van der Waals surface area contributed by atoms with E-state index in [0.717, 1.165) is 91.8 Å². The van der Waals surface area contributed by atoms with Gasteiger partial charge in [0.15, 0.2) is 11.5 Å². The second-order valence-corrected chi connectivity index (χ2v) is 39.9. The molecule has 1 aromatic heterocycles. The summed E-state index contributed by atoms with van der Waals surface area (Å²) < 4.78 is 153. The van der Waals surface area contributed by atoms with Crippen molar-refractivity contribution in [2.45, 2.75) is 416 Å². The van der Waals surface area contributed by atoms with Gasteiger partial charge in [0.1, 0.15) is 99.9 Å². The van der Waals surface area contributed by atoms with E-state index in [4.69, 9.17) is 137 Å². The fourth-order valence-electron chi connectivity index (χ4n) is 12.3. The van der Waals surface area contributed by atoms with Gasteiger partial charge in [-0.1, -0.05) is 44.2 Å². The number of hydrogen-bond donors (Lipinski definition) is 1. The van der Waals surface area contributed by atoms with Crippen molar-refractivity contribution in [1.82, 2.24) is 0 Å². The van der Waals surface area contributed by atoms with Gasteiger partial charge in [-0.15, -0.1) is 0 Å². The van der Waals surface area contributed by atoms with Gasteiger partial charge in [0.25, 0.3) is 0 Å². The summed E-state index contributed by atoms with van der Waals surface area (Å²) in [6.07, 6.45) is 15.0. The van der Waals surface area contributed by atoms with Crippen LogP contribution in [-0.2, 0) is 102 Å². The van der Waals surface area contributed by atoms with Gasteiger partial charge in [0, 0.05) is 44.0 Å². The zero-order chi connectivity index (χ0) is 111. The van der Waals surface area contributed by atoms with Gasteiger partial charge in [0.2, 0.25) is 0 Å². The zero-order valence-corrected chi connectivity index (χ0v) is 99.0. The van der Waals surface area contributed by atoms with Crippen molar-refractivity contribution in [3.8, 4) is 46.0 Å². The highest BCUT2D eigenvalue weighted by Gasteiger charge is 2.25. The Balaban J connectivity index is -0.00000163. The molecule has 1 heterocycles. The summed E-state index contributed by atoms with van der Waals surface area (Å²) in [4.78, 5) is 0. The van der Waals surface area contributed by atoms with Crippen molar-refractivity contribution >= 4 is 0 Å². The lowest BCUT2D eigenvalue weighted by Gasteiger charge is -2.30. The smallest absolute Gasteiger partial charge is 0.199 e. The van der Waals surface area contributed by atoms with E-state index in [9.17, 15) is 0 Å². The molecule has 0 amide bonds. The van der Waals surface area contributed by atoms with Crippen LogP contribution in [0.5, 0.6) is 46.0 Å². The topological polar surface area (TPSA) is 283 Å². The molecule has 0 bridgehead atoms. The number of aliphatic hydroxyl groups excluding tert-OH is 1. The molecule has 29 nitrogen and oxygen atoms in total. The molecular weight excluding hydrogens is 1880 g/mol. The lowest BCUT2D eigenvalue weighted by Crippen LogP contribution is -2.29. The summed E-state index contributed by atoms with van der Waals surface area (Å²) in [7, 11) is 1.67. The lowest BCUT2D eigenvalue weighted by molar-refractivity contribution is -0.0657. The van der Waals surface area contributed by atoms with Crippen LogP contribution in [0.4, 0.5) is 0 Å². The van der Waals surface area contributed by atoms with Crippen molar-refractivity contribution in [2.24, 2.45) is 0 Å². The van der Waals surface area contributed by atoms with Gasteiger partial charge in [-0.3, -0.25) is 0 Å². The first-order chi connectivity index (χ1) is 69.6. The van der Waals surface area contributed by atoms with Crippen LogP contribution in [0.25, 0.3) is 0 Å². The van der Waals surface area contributed by atoms with Crippen LogP contribution in [-0.4, -0.2) is 300 Å². The number of hydrogen-bond acceptors (Lipinski definition) is 29. The molecule has 1 N–H and O–H groups in total. The Labute approximate surface area is 893 Å². The number of ether oxygens (including phenoxy) is 27. The maximum Gasteiger partial charge on any atom is 0.199 e. The largest absolute Gasteiger partial charge is 0.491 e. The van der Waals surface area contributed by atoms with E-state index in [1.165, 1.54) is 23.7 Å². The summed E-state index contributed by atoms with van der Waals surface area (Å²) in [5, 5.41) is 8.06. The average molecular weight is 2100 g/mol. The van der Waals surface area contributed by atoms with E-state index in [1.54, 1.807) is 21.0 Å². The maximum absolute atomic E-state index is 8.06. The Bertz CT molecular complexity index is 3380. The van der Waals surface area contributed by atoms with E-state index >= 15 is 0 Å². The quantitative estimate of drug-likeness (QED) is 0.0354. The molecular formula is C118H214O29. The first-order valence-corrected chi connectivity index (χ1v) is 54.4. The van der Waals surface area contributed by atoms with E-state index in [1.807, 2.05) is 233 Å². The monoisotopic (exact) mass is 2100 g/mol. The van der Waals surface area contributed by atoms with E-state index in [-0.39, 0.29) is 72.6 Å². The predicted octanol–water partition coefficient (Wildman–Crippen LogP) is 25.1. The van der Waals surface area contributed by atoms with Gasteiger partial charge >= 0.3 is 0 Å². The highest BCUT2D eigenvalue weighted by Crippen LogP contribution is 2.35. The molecule has 4 aromatic carbocycles. The Morgan fingerprint density at radius 1 is 0.252 bits per heavy atom. The van der Waals surface area contributed by atoms with Gasteiger partial charge < -0.3 is 137 Å². The maximum atomic E-state index is 8.06. The summed E-state index contributed by atoms with van der Waals surface area (Å²) >= 11 is 0. The predicted molar refractivity (Wildman–Crippen MR) is 593 cm³/mol. The first-order valence-electron chi connectivity index (χ1n) is 54.4. The Kier molecular flexibility index (Phi) is 94.2. The van der Waals surface area contributed by atoms with Crippen LogP contribution < -0.4 is 37.9 Å². The molecule has 0 atom stereocenters. The Morgan fingerprint density at radius 3 is 0.707 bits per heavy atom.